The van der Waals surface area contributed by atoms with Crippen molar-refractivity contribution in [1.82, 2.24) is 5.32 Å². The predicted molar refractivity (Wildman–Crippen MR) is 79.6 cm³/mol. The van der Waals surface area contributed by atoms with Crippen molar-refractivity contribution >= 4 is 23.2 Å². The molecule has 1 aliphatic rings. The summed E-state index contributed by atoms with van der Waals surface area (Å²) in [6, 6.07) is 10.3. The Bertz CT molecular complexity index is 703. The first kappa shape index (κ1) is 13.6. The maximum absolute atomic E-state index is 12.1. The molecular weight excluding hydrogens is 292 g/mol. The van der Waals surface area contributed by atoms with Gasteiger partial charge in [0, 0.05) is 17.7 Å². The van der Waals surface area contributed by atoms with Gasteiger partial charge in [0.25, 0.3) is 5.91 Å². The lowest BCUT2D eigenvalue weighted by Gasteiger charge is -2.08. The number of nitrogens with one attached hydrogen (secondary N) is 1. The van der Waals surface area contributed by atoms with E-state index in [1.54, 1.807) is 18.2 Å². The van der Waals surface area contributed by atoms with Gasteiger partial charge in [-0.1, -0.05) is 23.7 Å². The summed E-state index contributed by atoms with van der Waals surface area (Å²) < 4.78 is 10.7. The fraction of sp³-hybridized carbons (Fsp3) is 0.133. The first-order valence-electron chi connectivity index (χ1n) is 6.36. The van der Waals surface area contributed by atoms with Crippen LogP contribution < -0.4 is 20.5 Å². The van der Waals surface area contributed by atoms with Crippen molar-refractivity contribution in [3.8, 4) is 11.5 Å². The number of benzene rings is 2. The van der Waals surface area contributed by atoms with Crippen LogP contribution in [0.25, 0.3) is 0 Å². The molecule has 3 N–H and O–H groups in total. The Labute approximate surface area is 126 Å². The highest BCUT2D eigenvalue weighted by Crippen LogP contribution is 2.35. The van der Waals surface area contributed by atoms with E-state index in [1.807, 2.05) is 18.2 Å². The normalized spacial score (nSPS) is 12.2. The molecule has 0 saturated heterocycles. The number of halogens is 1. The van der Waals surface area contributed by atoms with E-state index >= 15 is 0 Å². The Hall–Kier alpha value is -2.40. The maximum Gasteiger partial charge on any atom is 0.251 e. The fourth-order valence-electron chi connectivity index (χ4n) is 2.08. The summed E-state index contributed by atoms with van der Waals surface area (Å²) in [6.45, 7) is 0.543. The summed E-state index contributed by atoms with van der Waals surface area (Å²) in [5.41, 5.74) is 7.38. The van der Waals surface area contributed by atoms with Crippen molar-refractivity contribution < 1.29 is 14.3 Å². The van der Waals surface area contributed by atoms with Crippen LogP contribution >= 0.6 is 11.6 Å². The zero-order valence-corrected chi connectivity index (χ0v) is 11.8. The molecule has 0 saturated carbocycles. The lowest BCUT2D eigenvalue weighted by Crippen LogP contribution is -2.23. The highest BCUT2D eigenvalue weighted by molar-refractivity contribution is 6.33. The summed E-state index contributed by atoms with van der Waals surface area (Å²) in [6.07, 6.45) is 0. The Morgan fingerprint density at radius 1 is 1.29 bits per heavy atom. The predicted octanol–water partition coefficient (Wildman–Crippen LogP) is 2.58. The molecule has 0 atom stereocenters. The van der Waals surface area contributed by atoms with Gasteiger partial charge in [0.15, 0.2) is 11.5 Å². The molecule has 2 aromatic carbocycles. The van der Waals surface area contributed by atoms with Crippen molar-refractivity contribution in [2.75, 3.05) is 12.5 Å². The molecule has 5 nitrogen and oxygen atoms in total. The topological polar surface area (TPSA) is 73.6 Å². The Kier molecular flexibility index (Phi) is 3.58. The van der Waals surface area contributed by atoms with Crippen molar-refractivity contribution in [2.45, 2.75) is 6.54 Å². The molecule has 0 aromatic heterocycles. The molecule has 0 spiro atoms. The van der Waals surface area contributed by atoms with Crippen molar-refractivity contribution in [3.05, 3.63) is 52.5 Å². The Balaban J connectivity index is 1.72. The van der Waals surface area contributed by atoms with Gasteiger partial charge in [0.1, 0.15) is 0 Å². The number of hydrogen-bond acceptors (Lipinski definition) is 4. The van der Waals surface area contributed by atoms with Gasteiger partial charge in [0.05, 0.1) is 10.7 Å². The van der Waals surface area contributed by atoms with E-state index in [4.69, 9.17) is 26.8 Å². The summed E-state index contributed by atoms with van der Waals surface area (Å²) in [5, 5.41) is 3.18. The highest BCUT2D eigenvalue weighted by atomic mass is 35.5. The second-order valence-electron chi connectivity index (χ2n) is 4.57. The Morgan fingerprint density at radius 2 is 2.14 bits per heavy atom. The van der Waals surface area contributed by atoms with Gasteiger partial charge in [-0.15, -0.1) is 0 Å². The van der Waals surface area contributed by atoms with Crippen molar-refractivity contribution in [1.29, 1.82) is 0 Å². The largest absolute Gasteiger partial charge is 0.454 e. The molecule has 21 heavy (non-hydrogen) atoms. The van der Waals surface area contributed by atoms with Crippen LogP contribution in [0.2, 0.25) is 5.02 Å². The monoisotopic (exact) mass is 304 g/mol. The van der Waals surface area contributed by atoms with E-state index in [1.165, 1.54) is 0 Å². The van der Waals surface area contributed by atoms with Crippen LogP contribution in [-0.4, -0.2) is 12.7 Å². The third-order valence-corrected chi connectivity index (χ3v) is 3.51. The quantitative estimate of drug-likeness (QED) is 0.855. The molecule has 6 heteroatoms. The first-order valence-corrected chi connectivity index (χ1v) is 6.73. The van der Waals surface area contributed by atoms with Crippen LogP contribution in [0.15, 0.2) is 36.4 Å². The zero-order chi connectivity index (χ0) is 14.8. The number of hydrogen-bond donors (Lipinski definition) is 2. The second kappa shape index (κ2) is 5.54. The number of carbonyl (C=O) groups excluding carboxylic acids is 1. The molecule has 0 fully saturated rings. The van der Waals surface area contributed by atoms with E-state index in [0.29, 0.717) is 34.3 Å². The van der Waals surface area contributed by atoms with E-state index in [9.17, 15) is 4.79 Å². The third-order valence-electron chi connectivity index (χ3n) is 3.18. The first-order chi connectivity index (χ1) is 10.1. The summed E-state index contributed by atoms with van der Waals surface area (Å²) in [5.74, 6) is 1.14. The van der Waals surface area contributed by atoms with Crippen molar-refractivity contribution in [3.63, 3.8) is 0 Å². The number of fused-ring (bicyclic) bond motifs is 1. The van der Waals surface area contributed by atoms with Crippen LogP contribution in [0, 0.1) is 0 Å². The van der Waals surface area contributed by atoms with E-state index in [2.05, 4.69) is 5.32 Å². The van der Waals surface area contributed by atoms with Crippen molar-refractivity contribution in [2.24, 2.45) is 0 Å². The van der Waals surface area contributed by atoms with Gasteiger partial charge in [-0.25, -0.2) is 0 Å². The molecule has 1 aliphatic heterocycles. The van der Waals surface area contributed by atoms with Crippen LogP contribution in [0.4, 0.5) is 5.69 Å². The molecule has 0 unspecified atom stereocenters. The zero-order valence-electron chi connectivity index (χ0n) is 11.1. The van der Waals surface area contributed by atoms with Crippen LogP contribution in [0.1, 0.15) is 15.9 Å². The summed E-state index contributed by atoms with van der Waals surface area (Å²) >= 11 is 5.91. The smallest absolute Gasteiger partial charge is 0.251 e. The van der Waals surface area contributed by atoms with E-state index in [0.717, 1.165) is 5.56 Å². The lowest BCUT2D eigenvalue weighted by atomic mass is 10.1. The standard InChI is InChI=1S/C15H13ClN2O3/c16-11-6-9(4-5-12(11)17)15(19)18-7-10-2-1-3-13-14(10)21-8-20-13/h1-6H,7-8,17H2,(H,18,19). The average molecular weight is 305 g/mol. The molecule has 2 aromatic rings. The number of nitrogens with two attached hydrogens (primary N) is 1. The minimum absolute atomic E-state index is 0.202. The molecule has 108 valence electrons. The summed E-state index contributed by atoms with van der Waals surface area (Å²) in [7, 11) is 0. The number of anilines is 1. The Morgan fingerprint density at radius 3 is 2.95 bits per heavy atom. The molecule has 1 heterocycles. The molecule has 3 rings (SSSR count). The number of amides is 1. The second-order valence-corrected chi connectivity index (χ2v) is 4.98. The van der Waals surface area contributed by atoms with Gasteiger partial charge < -0.3 is 20.5 Å². The number of rotatable bonds is 3. The highest BCUT2D eigenvalue weighted by Gasteiger charge is 2.17. The van der Waals surface area contributed by atoms with Gasteiger partial charge in [-0.3, -0.25) is 4.79 Å². The summed E-state index contributed by atoms with van der Waals surface area (Å²) in [4.78, 5) is 12.1. The van der Waals surface area contributed by atoms with E-state index in [-0.39, 0.29) is 12.7 Å². The minimum Gasteiger partial charge on any atom is -0.454 e. The van der Waals surface area contributed by atoms with Gasteiger partial charge >= 0.3 is 0 Å². The molecule has 0 aliphatic carbocycles. The SMILES string of the molecule is Nc1ccc(C(=O)NCc2cccc3c2OCO3)cc1Cl. The number of para-hydroxylation sites is 1. The molecule has 0 bridgehead atoms. The van der Waals surface area contributed by atoms with Gasteiger partial charge in [0.2, 0.25) is 6.79 Å². The number of ether oxygens (including phenoxy) is 2. The van der Waals surface area contributed by atoms with Crippen LogP contribution in [0.3, 0.4) is 0 Å². The number of nitrogen functional groups attached to an aromatic ring is 1. The molecule has 1 amide bonds. The minimum atomic E-state index is -0.228. The fourth-order valence-corrected chi connectivity index (χ4v) is 2.26. The average Bonchev–Trinajstić information content (AvgIpc) is 2.96. The van der Waals surface area contributed by atoms with Gasteiger partial charge in [-0.2, -0.15) is 0 Å². The molecule has 0 radical (unpaired) electrons. The third kappa shape index (κ3) is 2.73. The van der Waals surface area contributed by atoms with Crippen LogP contribution in [0.5, 0.6) is 11.5 Å². The van der Waals surface area contributed by atoms with Crippen LogP contribution in [-0.2, 0) is 6.54 Å². The lowest BCUT2D eigenvalue weighted by molar-refractivity contribution is 0.0950. The molecular formula is C15H13ClN2O3. The van der Waals surface area contributed by atoms with E-state index < -0.39 is 0 Å². The van der Waals surface area contributed by atoms with Gasteiger partial charge in [-0.05, 0) is 24.3 Å². The number of carbonyl (C=O) groups is 1. The maximum atomic E-state index is 12.1.